The van der Waals surface area contributed by atoms with Crippen LogP contribution in [0.2, 0.25) is 0 Å². The van der Waals surface area contributed by atoms with E-state index >= 15 is 0 Å². The number of nitrogens with zero attached hydrogens (tertiary/aromatic N) is 5. The van der Waals surface area contributed by atoms with E-state index in [0.717, 1.165) is 12.1 Å². The predicted molar refractivity (Wildman–Crippen MR) is 104 cm³/mol. The molecular formula is C15H21N5O3S3. The van der Waals surface area contributed by atoms with Crippen LogP contribution in [0.4, 0.5) is 0 Å². The van der Waals surface area contributed by atoms with Gasteiger partial charge in [0, 0.05) is 17.7 Å². The highest BCUT2D eigenvalue weighted by Gasteiger charge is 2.21. The van der Waals surface area contributed by atoms with Gasteiger partial charge < -0.3 is 4.90 Å². The summed E-state index contributed by atoms with van der Waals surface area (Å²) in [5.74, 6) is 0.289. The van der Waals surface area contributed by atoms with Crippen molar-refractivity contribution in [3.05, 3.63) is 29.8 Å². The van der Waals surface area contributed by atoms with Gasteiger partial charge in [0.2, 0.25) is 5.16 Å². The second kappa shape index (κ2) is 9.51. The summed E-state index contributed by atoms with van der Waals surface area (Å²) in [6.45, 7) is 3.30. The second-order valence-electron chi connectivity index (χ2n) is 5.84. The molecule has 0 bridgehead atoms. The average Bonchev–Trinajstić information content (AvgIpc) is 3.04. The number of aromatic nitrogens is 4. The molecule has 0 radical (unpaired) electrons. The number of rotatable bonds is 10. The highest BCUT2D eigenvalue weighted by atomic mass is 32.2. The number of benzene rings is 1. The molecule has 2 aromatic rings. The zero-order valence-corrected chi connectivity index (χ0v) is 17.2. The molecule has 2 rings (SSSR count). The highest BCUT2D eigenvalue weighted by Crippen LogP contribution is 2.20. The van der Waals surface area contributed by atoms with Crippen molar-refractivity contribution in [1.82, 2.24) is 25.1 Å². The lowest BCUT2D eigenvalue weighted by Gasteiger charge is -2.13. The van der Waals surface area contributed by atoms with Crippen LogP contribution in [0.1, 0.15) is 5.56 Å². The van der Waals surface area contributed by atoms with Crippen molar-refractivity contribution < 1.29 is 12.6 Å². The molecular weight excluding hydrogens is 394 g/mol. The topological polar surface area (TPSA) is 90.2 Å². The lowest BCUT2D eigenvalue weighted by molar-refractivity contribution is 0.300. The van der Waals surface area contributed by atoms with Crippen LogP contribution in [0, 0.1) is 6.92 Å². The zero-order valence-electron chi connectivity index (χ0n) is 14.8. The Labute approximate surface area is 163 Å². The number of tetrazole rings is 1. The fraction of sp³-hybridized carbons (Fsp3) is 0.467. The Balaban J connectivity index is 1.99. The lowest BCUT2D eigenvalue weighted by Crippen LogP contribution is -2.23. The minimum absolute atomic E-state index is 0.103. The monoisotopic (exact) mass is 415 g/mol. The molecule has 0 aliphatic rings. The molecule has 0 fully saturated rings. The van der Waals surface area contributed by atoms with Crippen molar-refractivity contribution in [2.75, 3.05) is 26.4 Å². The first-order valence-electron chi connectivity index (χ1n) is 7.81. The largest absolute Gasteiger partial charge is 0.308 e. The van der Waals surface area contributed by atoms with E-state index in [1.165, 1.54) is 29.3 Å². The third-order valence-corrected chi connectivity index (χ3v) is 6.05. The van der Waals surface area contributed by atoms with Crippen LogP contribution in [0.15, 0.2) is 34.3 Å². The van der Waals surface area contributed by atoms with Crippen LogP contribution in [0.25, 0.3) is 0 Å². The summed E-state index contributed by atoms with van der Waals surface area (Å²) in [5, 5.41) is 13.4. The van der Waals surface area contributed by atoms with E-state index in [1.54, 1.807) is 16.8 Å². The van der Waals surface area contributed by atoms with E-state index in [9.17, 15) is 8.42 Å². The molecule has 26 heavy (non-hydrogen) atoms. The van der Waals surface area contributed by atoms with Gasteiger partial charge >= 0.3 is 0 Å². The predicted octanol–water partition coefficient (Wildman–Crippen LogP) is 1.41. The number of likely N-dealkylation sites (N-methyl/N-ethyl adjacent to an activating group) is 1. The molecule has 0 aliphatic heterocycles. The number of hydrogen-bond donors (Lipinski definition) is 0. The number of thioether (sulfide) groups is 1. The van der Waals surface area contributed by atoms with Crippen LogP contribution in [-0.4, -0.2) is 71.4 Å². The Morgan fingerprint density at radius 3 is 2.65 bits per heavy atom. The molecule has 0 aliphatic carbocycles. The SMILES string of the molecule is Cc1ccc(S(=O)(=O)OC(C=S)CSc2nnnn2CCN(C)C)cc1. The Bertz CT molecular complexity index is 821. The molecule has 11 heteroatoms. The standard InChI is InChI=1S/C15H21N5O3S3/c1-12-4-6-14(7-5-12)26(21,22)23-13(10-24)11-25-15-16-17-18-20(15)9-8-19(2)3/h4-7,10,13H,8-9,11H2,1-3H3. The van der Waals surface area contributed by atoms with Crippen molar-refractivity contribution in [3.8, 4) is 0 Å². The van der Waals surface area contributed by atoms with Crippen LogP contribution >= 0.6 is 24.0 Å². The van der Waals surface area contributed by atoms with E-state index in [0.29, 0.717) is 11.7 Å². The summed E-state index contributed by atoms with van der Waals surface area (Å²) in [6, 6.07) is 6.46. The van der Waals surface area contributed by atoms with Crippen LogP contribution < -0.4 is 0 Å². The lowest BCUT2D eigenvalue weighted by atomic mass is 10.2. The minimum atomic E-state index is -3.89. The summed E-state index contributed by atoms with van der Waals surface area (Å²) in [5.41, 5.74) is 0.968. The van der Waals surface area contributed by atoms with Crippen molar-refractivity contribution >= 4 is 39.5 Å². The van der Waals surface area contributed by atoms with Gasteiger partial charge in [0.15, 0.2) is 0 Å². The third kappa shape index (κ3) is 6.09. The van der Waals surface area contributed by atoms with E-state index in [4.69, 9.17) is 16.4 Å². The molecule has 1 unspecified atom stereocenters. The minimum Gasteiger partial charge on any atom is -0.308 e. The molecule has 1 aromatic carbocycles. The van der Waals surface area contributed by atoms with Crippen LogP contribution in [-0.2, 0) is 20.8 Å². The summed E-state index contributed by atoms with van der Waals surface area (Å²) in [7, 11) is 0.0356. The van der Waals surface area contributed by atoms with Crippen molar-refractivity contribution in [1.29, 1.82) is 0 Å². The molecule has 8 nitrogen and oxygen atoms in total. The highest BCUT2D eigenvalue weighted by molar-refractivity contribution is 7.99. The fourth-order valence-corrected chi connectivity index (χ4v) is 4.21. The van der Waals surface area contributed by atoms with Crippen molar-refractivity contribution in [3.63, 3.8) is 0 Å². The summed E-state index contributed by atoms with van der Waals surface area (Å²) in [6.07, 6.45) is -0.764. The van der Waals surface area contributed by atoms with Crippen molar-refractivity contribution in [2.45, 2.75) is 29.6 Å². The van der Waals surface area contributed by atoms with Gasteiger partial charge in [-0.3, -0.25) is 4.18 Å². The summed E-state index contributed by atoms with van der Waals surface area (Å²) >= 11 is 6.23. The number of thiocarbonyl (C=S) groups is 1. The Morgan fingerprint density at radius 2 is 2.04 bits per heavy atom. The normalized spacial score (nSPS) is 13.1. The van der Waals surface area contributed by atoms with Crippen molar-refractivity contribution in [2.24, 2.45) is 0 Å². The van der Waals surface area contributed by atoms with Crippen LogP contribution in [0.3, 0.4) is 0 Å². The van der Waals surface area contributed by atoms with Crippen LogP contribution in [0.5, 0.6) is 0 Å². The summed E-state index contributed by atoms with van der Waals surface area (Å²) < 4.78 is 31.7. The van der Waals surface area contributed by atoms with Gasteiger partial charge in [-0.15, -0.1) is 5.10 Å². The smallest absolute Gasteiger partial charge is 0.297 e. The zero-order chi connectivity index (χ0) is 19.2. The first-order chi connectivity index (χ1) is 12.3. The molecule has 0 saturated heterocycles. The second-order valence-corrected chi connectivity index (χ2v) is 8.67. The van der Waals surface area contributed by atoms with Gasteiger partial charge in [0.1, 0.15) is 6.10 Å². The van der Waals surface area contributed by atoms with E-state index in [1.807, 2.05) is 25.9 Å². The quantitative estimate of drug-likeness (QED) is 0.324. The van der Waals surface area contributed by atoms with E-state index in [-0.39, 0.29) is 10.6 Å². The van der Waals surface area contributed by atoms with Gasteiger partial charge in [0.25, 0.3) is 10.1 Å². The number of hydrogen-bond acceptors (Lipinski definition) is 9. The first kappa shape index (κ1) is 20.9. The number of aryl methyl sites for hydroxylation is 1. The van der Waals surface area contributed by atoms with Gasteiger partial charge in [-0.05, 0) is 43.6 Å². The van der Waals surface area contributed by atoms with Gasteiger partial charge in [-0.25, -0.2) is 4.68 Å². The van der Waals surface area contributed by atoms with E-state index < -0.39 is 16.2 Å². The maximum Gasteiger partial charge on any atom is 0.297 e. The Kier molecular flexibility index (Phi) is 7.65. The fourth-order valence-electron chi connectivity index (χ4n) is 1.90. The van der Waals surface area contributed by atoms with E-state index in [2.05, 4.69) is 15.5 Å². The molecule has 0 N–H and O–H groups in total. The first-order valence-corrected chi connectivity index (χ1v) is 10.7. The maximum atomic E-state index is 12.4. The molecule has 0 saturated carbocycles. The molecule has 0 spiro atoms. The van der Waals surface area contributed by atoms with Gasteiger partial charge in [0.05, 0.1) is 11.4 Å². The molecule has 1 heterocycles. The molecule has 0 amide bonds. The Morgan fingerprint density at radius 1 is 1.35 bits per heavy atom. The molecule has 1 aromatic heterocycles. The Hall–Kier alpha value is -1.40. The van der Waals surface area contributed by atoms with Gasteiger partial charge in [-0.1, -0.05) is 41.7 Å². The third-order valence-electron chi connectivity index (χ3n) is 3.35. The summed E-state index contributed by atoms with van der Waals surface area (Å²) in [4.78, 5) is 2.12. The molecule has 1 atom stereocenters. The average molecular weight is 416 g/mol. The van der Waals surface area contributed by atoms with Gasteiger partial charge in [-0.2, -0.15) is 8.42 Å². The maximum absolute atomic E-state index is 12.4. The molecule has 142 valence electrons.